The Kier molecular flexibility index (Phi) is 4.81. The van der Waals surface area contributed by atoms with Crippen LogP contribution in [0.4, 0.5) is 0 Å². The molecule has 110 valence electrons. The molecule has 1 fully saturated rings. The van der Waals surface area contributed by atoms with Gasteiger partial charge in [0.1, 0.15) is 0 Å². The Morgan fingerprint density at radius 1 is 1.10 bits per heavy atom. The van der Waals surface area contributed by atoms with Gasteiger partial charge in [0.25, 0.3) is 0 Å². The average Bonchev–Trinajstić information content (AvgIpc) is 2.91. The van der Waals surface area contributed by atoms with Gasteiger partial charge in [-0.2, -0.15) is 0 Å². The summed E-state index contributed by atoms with van der Waals surface area (Å²) in [4.78, 5) is 2.55. The quantitative estimate of drug-likeness (QED) is 0.835. The number of rotatable bonds is 5. The average molecular weight is 341 g/mol. The maximum atomic E-state index is 5.42. The van der Waals surface area contributed by atoms with E-state index < -0.39 is 0 Å². The maximum absolute atomic E-state index is 5.42. The summed E-state index contributed by atoms with van der Waals surface area (Å²) in [6.45, 7) is 5.87. The van der Waals surface area contributed by atoms with E-state index in [2.05, 4.69) is 32.2 Å². The number of likely N-dealkylation sites (tertiary alicyclic amines) is 1. The monoisotopic (exact) mass is 340 g/mol. The van der Waals surface area contributed by atoms with Crippen molar-refractivity contribution >= 4 is 15.9 Å². The minimum atomic E-state index is 0.327. The van der Waals surface area contributed by atoms with Crippen molar-refractivity contribution in [2.45, 2.75) is 25.8 Å². The minimum absolute atomic E-state index is 0.327. The summed E-state index contributed by atoms with van der Waals surface area (Å²) in [5.74, 6) is 1.68. The van der Waals surface area contributed by atoms with E-state index in [-0.39, 0.29) is 0 Å². The molecule has 5 heteroatoms. The van der Waals surface area contributed by atoms with Crippen LogP contribution < -0.4 is 14.8 Å². The molecule has 0 bridgehead atoms. The third-order valence-corrected chi connectivity index (χ3v) is 4.65. The zero-order valence-corrected chi connectivity index (χ0v) is 13.2. The van der Waals surface area contributed by atoms with Crippen LogP contribution in [0.25, 0.3) is 0 Å². The van der Waals surface area contributed by atoms with Crippen LogP contribution in [0.15, 0.2) is 16.6 Å². The van der Waals surface area contributed by atoms with E-state index in [0.717, 1.165) is 35.6 Å². The predicted octanol–water partition coefficient (Wildman–Crippen LogP) is 2.75. The van der Waals surface area contributed by atoms with Gasteiger partial charge in [0.2, 0.25) is 6.79 Å². The number of hydrogen-bond donors (Lipinski definition) is 1. The van der Waals surface area contributed by atoms with E-state index in [9.17, 15) is 0 Å². The van der Waals surface area contributed by atoms with E-state index >= 15 is 0 Å². The van der Waals surface area contributed by atoms with Gasteiger partial charge in [0, 0.05) is 24.1 Å². The molecule has 0 amide bonds. The van der Waals surface area contributed by atoms with Crippen LogP contribution in [-0.4, -0.2) is 37.9 Å². The highest BCUT2D eigenvalue weighted by atomic mass is 79.9. The third kappa shape index (κ3) is 3.45. The van der Waals surface area contributed by atoms with E-state index in [1.807, 2.05) is 6.07 Å². The molecular formula is C15H21BrN2O2. The number of nitrogens with zero attached hydrogens (tertiary/aromatic N) is 1. The van der Waals surface area contributed by atoms with Gasteiger partial charge in [-0.3, -0.25) is 0 Å². The largest absolute Gasteiger partial charge is 0.454 e. The zero-order valence-electron chi connectivity index (χ0n) is 11.7. The molecule has 1 N–H and O–H groups in total. The van der Waals surface area contributed by atoms with E-state index in [1.54, 1.807) is 0 Å². The fourth-order valence-corrected chi connectivity index (χ4v) is 3.20. The number of fused-ring (bicyclic) bond motifs is 1. The van der Waals surface area contributed by atoms with Crippen LogP contribution >= 0.6 is 15.9 Å². The van der Waals surface area contributed by atoms with Gasteiger partial charge in [-0.05, 0) is 43.6 Å². The summed E-state index contributed by atoms with van der Waals surface area (Å²) in [5.41, 5.74) is 1.22. The van der Waals surface area contributed by atoms with Crippen molar-refractivity contribution in [1.29, 1.82) is 0 Å². The lowest BCUT2D eigenvalue weighted by atomic mass is 10.1. The number of nitrogens with one attached hydrogen (secondary N) is 1. The van der Waals surface area contributed by atoms with E-state index in [1.165, 1.54) is 37.9 Å². The number of piperidine rings is 1. The Labute approximate surface area is 128 Å². The summed E-state index contributed by atoms with van der Waals surface area (Å²) >= 11 is 3.59. The second kappa shape index (κ2) is 6.78. The second-order valence-electron chi connectivity index (χ2n) is 5.38. The molecule has 2 aliphatic rings. The highest BCUT2D eigenvalue weighted by Gasteiger charge is 2.16. The van der Waals surface area contributed by atoms with Crippen molar-refractivity contribution < 1.29 is 9.47 Å². The second-order valence-corrected chi connectivity index (χ2v) is 6.23. The van der Waals surface area contributed by atoms with Gasteiger partial charge in [-0.1, -0.05) is 22.4 Å². The lowest BCUT2D eigenvalue weighted by Crippen LogP contribution is -2.35. The summed E-state index contributed by atoms with van der Waals surface area (Å²) in [6.07, 6.45) is 4.11. The summed E-state index contributed by atoms with van der Waals surface area (Å²) in [5, 5.41) is 3.51. The highest BCUT2D eigenvalue weighted by Crippen LogP contribution is 2.36. The molecule has 0 atom stereocenters. The first-order valence-electron chi connectivity index (χ1n) is 7.34. The lowest BCUT2D eigenvalue weighted by Gasteiger charge is -2.26. The van der Waals surface area contributed by atoms with Crippen LogP contribution in [0.2, 0.25) is 0 Å². The van der Waals surface area contributed by atoms with Crippen LogP contribution in [0.1, 0.15) is 24.8 Å². The number of ether oxygens (including phenoxy) is 2. The Morgan fingerprint density at radius 2 is 1.85 bits per heavy atom. The molecule has 1 aromatic rings. The third-order valence-electron chi connectivity index (χ3n) is 3.91. The first-order valence-corrected chi connectivity index (χ1v) is 8.13. The predicted molar refractivity (Wildman–Crippen MR) is 82.3 cm³/mol. The summed E-state index contributed by atoms with van der Waals surface area (Å²) in [6, 6.07) is 4.05. The smallest absolute Gasteiger partial charge is 0.231 e. The molecule has 0 aliphatic carbocycles. The van der Waals surface area contributed by atoms with E-state index in [0.29, 0.717) is 6.79 Å². The van der Waals surface area contributed by atoms with Crippen molar-refractivity contribution in [1.82, 2.24) is 10.2 Å². The maximum Gasteiger partial charge on any atom is 0.231 e. The van der Waals surface area contributed by atoms with Crippen LogP contribution in [-0.2, 0) is 6.54 Å². The molecular weight excluding hydrogens is 320 g/mol. The van der Waals surface area contributed by atoms with Crippen LogP contribution in [0.3, 0.4) is 0 Å². The number of hydrogen-bond acceptors (Lipinski definition) is 4. The fourth-order valence-electron chi connectivity index (χ4n) is 2.74. The zero-order chi connectivity index (χ0) is 13.8. The van der Waals surface area contributed by atoms with E-state index in [4.69, 9.17) is 9.47 Å². The van der Waals surface area contributed by atoms with Gasteiger partial charge < -0.3 is 19.7 Å². The summed E-state index contributed by atoms with van der Waals surface area (Å²) < 4.78 is 11.9. The standard InChI is InChI=1S/C15H21BrN2O2/c16-13-9-15-14(19-11-20-15)8-12(13)10-17-4-7-18-5-2-1-3-6-18/h8-9,17H,1-7,10-11H2. The van der Waals surface area contributed by atoms with Gasteiger partial charge in [-0.25, -0.2) is 0 Å². The Bertz CT molecular complexity index is 461. The molecule has 20 heavy (non-hydrogen) atoms. The van der Waals surface area contributed by atoms with Crippen LogP contribution in [0, 0.1) is 0 Å². The molecule has 4 nitrogen and oxygen atoms in total. The normalized spacial score (nSPS) is 18.4. The molecule has 0 saturated carbocycles. The Morgan fingerprint density at radius 3 is 2.65 bits per heavy atom. The van der Waals surface area contributed by atoms with Gasteiger partial charge in [0.05, 0.1) is 0 Å². The number of benzene rings is 1. The van der Waals surface area contributed by atoms with Gasteiger partial charge in [0.15, 0.2) is 11.5 Å². The molecule has 0 spiro atoms. The SMILES string of the molecule is Brc1cc2c(cc1CNCCN1CCCCC1)OCO2. The first-order chi connectivity index (χ1) is 9.83. The molecule has 1 aromatic carbocycles. The van der Waals surface area contributed by atoms with Crippen molar-refractivity contribution in [3.8, 4) is 11.5 Å². The molecule has 0 aromatic heterocycles. The molecule has 0 radical (unpaired) electrons. The van der Waals surface area contributed by atoms with Crippen molar-refractivity contribution in [2.75, 3.05) is 33.0 Å². The fraction of sp³-hybridized carbons (Fsp3) is 0.600. The van der Waals surface area contributed by atoms with Gasteiger partial charge in [-0.15, -0.1) is 0 Å². The minimum Gasteiger partial charge on any atom is -0.454 e. The molecule has 0 unspecified atom stereocenters. The molecule has 2 heterocycles. The first kappa shape index (κ1) is 14.2. The highest BCUT2D eigenvalue weighted by molar-refractivity contribution is 9.10. The molecule has 2 aliphatic heterocycles. The van der Waals surface area contributed by atoms with Crippen molar-refractivity contribution in [2.24, 2.45) is 0 Å². The topological polar surface area (TPSA) is 33.7 Å². The Balaban J connectivity index is 1.46. The van der Waals surface area contributed by atoms with Crippen LogP contribution in [0.5, 0.6) is 11.5 Å². The Hall–Kier alpha value is -0.780. The molecule has 3 rings (SSSR count). The lowest BCUT2D eigenvalue weighted by molar-refractivity contribution is 0.174. The number of halogens is 1. The van der Waals surface area contributed by atoms with Crippen molar-refractivity contribution in [3.63, 3.8) is 0 Å². The van der Waals surface area contributed by atoms with Crippen molar-refractivity contribution in [3.05, 3.63) is 22.2 Å². The van der Waals surface area contributed by atoms with Gasteiger partial charge >= 0.3 is 0 Å². The molecule has 1 saturated heterocycles. The summed E-state index contributed by atoms with van der Waals surface area (Å²) in [7, 11) is 0.